The van der Waals surface area contributed by atoms with Gasteiger partial charge in [-0.15, -0.1) is 10.2 Å². The summed E-state index contributed by atoms with van der Waals surface area (Å²) < 4.78 is 26.4. The highest BCUT2D eigenvalue weighted by molar-refractivity contribution is 7.92. The number of rotatable bonds is 4. The molecule has 2 aromatic heterocycles. The lowest BCUT2D eigenvalue weighted by molar-refractivity contribution is 0.0686. The molecule has 0 spiro atoms. The largest absolute Gasteiger partial charge is 0.476 e. The van der Waals surface area contributed by atoms with E-state index >= 15 is 0 Å². The number of aryl methyl sites for hydroxylation is 1. The van der Waals surface area contributed by atoms with Crippen molar-refractivity contribution in [1.29, 1.82) is 0 Å². The molecule has 0 aliphatic heterocycles. The summed E-state index contributed by atoms with van der Waals surface area (Å²) in [5.41, 5.74) is -0.506. The zero-order valence-corrected chi connectivity index (χ0v) is 11.5. The minimum Gasteiger partial charge on any atom is -0.476 e. The van der Waals surface area contributed by atoms with Crippen LogP contribution >= 0.6 is 11.6 Å². The molecule has 0 aliphatic rings. The van der Waals surface area contributed by atoms with E-state index < -0.39 is 26.6 Å². The predicted octanol–water partition coefficient (Wildman–Crippen LogP) is 0.661. The van der Waals surface area contributed by atoms with Crippen LogP contribution in [0.2, 0.25) is 5.15 Å². The summed E-state index contributed by atoms with van der Waals surface area (Å²) in [6.07, 6.45) is 0. The molecule has 11 heteroatoms. The summed E-state index contributed by atoms with van der Waals surface area (Å²) in [6.45, 7) is 1.39. The quantitative estimate of drug-likeness (QED) is 0.752. The maximum atomic E-state index is 12.2. The van der Waals surface area contributed by atoms with Crippen molar-refractivity contribution in [2.75, 3.05) is 4.72 Å². The lowest BCUT2D eigenvalue weighted by Crippen LogP contribution is -2.17. The number of aromatic amines is 1. The second-order valence-corrected chi connectivity index (χ2v) is 5.68. The number of anilines is 1. The standard InChI is InChI=1S/C9H8ClN5O4S/c1-4-8(7(9(16)17)14-11-4)20(18,19)15-6-3-2-5(10)12-13-6/h2-3H,1H3,(H,11,14)(H,13,15)(H,16,17). The molecule has 0 unspecified atom stereocenters. The van der Waals surface area contributed by atoms with Crippen LogP contribution in [0.3, 0.4) is 0 Å². The number of sulfonamides is 1. The van der Waals surface area contributed by atoms with Crippen LogP contribution in [0.15, 0.2) is 17.0 Å². The average Bonchev–Trinajstić information content (AvgIpc) is 2.75. The first-order chi connectivity index (χ1) is 9.31. The molecule has 3 N–H and O–H groups in total. The Morgan fingerprint density at radius 1 is 1.40 bits per heavy atom. The van der Waals surface area contributed by atoms with Crippen LogP contribution < -0.4 is 4.72 Å². The van der Waals surface area contributed by atoms with Crippen LogP contribution in [0, 0.1) is 6.92 Å². The van der Waals surface area contributed by atoms with E-state index in [9.17, 15) is 13.2 Å². The highest BCUT2D eigenvalue weighted by atomic mass is 35.5. The lowest BCUT2D eigenvalue weighted by atomic mass is 10.4. The van der Waals surface area contributed by atoms with Crippen LogP contribution in [0.5, 0.6) is 0 Å². The summed E-state index contributed by atoms with van der Waals surface area (Å²) >= 11 is 5.53. The van der Waals surface area contributed by atoms with Crippen LogP contribution in [0.25, 0.3) is 0 Å². The molecule has 0 aliphatic carbocycles. The minimum absolute atomic E-state index is 0.0914. The fourth-order valence-corrected chi connectivity index (χ4v) is 2.88. The molecule has 2 aromatic rings. The van der Waals surface area contributed by atoms with Gasteiger partial charge in [-0.1, -0.05) is 11.6 Å². The summed E-state index contributed by atoms with van der Waals surface area (Å²) in [5, 5.41) is 21.8. The van der Waals surface area contributed by atoms with E-state index in [1.165, 1.54) is 19.1 Å². The first kappa shape index (κ1) is 14.2. The molecular formula is C9H8ClN5O4S. The van der Waals surface area contributed by atoms with Gasteiger partial charge in [-0.2, -0.15) is 5.10 Å². The monoisotopic (exact) mass is 317 g/mol. The maximum Gasteiger partial charge on any atom is 0.357 e. The number of carboxylic acids is 1. The SMILES string of the molecule is Cc1[nH]nc(C(=O)O)c1S(=O)(=O)Nc1ccc(Cl)nn1. The first-order valence-electron chi connectivity index (χ1n) is 5.11. The Labute approximate surface area is 118 Å². The normalized spacial score (nSPS) is 11.3. The fourth-order valence-electron chi connectivity index (χ4n) is 1.45. The van der Waals surface area contributed by atoms with E-state index in [-0.39, 0.29) is 16.7 Å². The molecule has 9 nitrogen and oxygen atoms in total. The Hall–Kier alpha value is -2.20. The Bertz CT molecular complexity index is 755. The average molecular weight is 318 g/mol. The van der Waals surface area contributed by atoms with Crippen LogP contribution in [0.4, 0.5) is 5.82 Å². The van der Waals surface area contributed by atoms with Gasteiger partial charge in [0.15, 0.2) is 16.7 Å². The number of hydrogen-bond donors (Lipinski definition) is 3. The molecule has 0 amide bonds. The predicted molar refractivity (Wildman–Crippen MR) is 68.1 cm³/mol. The van der Waals surface area contributed by atoms with E-state index in [0.29, 0.717) is 0 Å². The highest BCUT2D eigenvalue weighted by Crippen LogP contribution is 2.20. The number of nitrogens with zero attached hydrogens (tertiary/aromatic N) is 3. The van der Waals surface area contributed by atoms with Gasteiger partial charge >= 0.3 is 5.97 Å². The molecule has 2 rings (SSSR count). The maximum absolute atomic E-state index is 12.2. The number of carboxylic acid groups (broad SMARTS) is 1. The molecule has 0 aromatic carbocycles. The zero-order valence-electron chi connectivity index (χ0n) is 9.95. The van der Waals surface area contributed by atoms with Gasteiger partial charge in [0.25, 0.3) is 10.0 Å². The highest BCUT2D eigenvalue weighted by Gasteiger charge is 2.28. The summed E-state index contributed by atoms with van der Waals surface area (Å²) in [7, 11) is -4.16. The van der Waals surface area contributed by atoms with Gasteiger partial charge in [-0.3, -0.25) is 9.82 Å². The van der Waals surface area contributed by atoms with Crippen molar-refractivity contribution in [3.05, 3.63) is 28.7 Å². The third-order valence-corrected chi connectivity index (χ3v) is 3.95. The van der Waals surface area contributed by atoms with Gasteiger partial charge in [-0.05, 0) is 19.1 Å². The van der Waals surface area contributed by atoms with Gasteiger partial charge in [0.2, 0.25) is 0 Å². The number of aromatic carboxylic acids is 1. The Balaban J connectivity index is 2.43. The molecule has 0 bridgehead atoms. The molecule has 2 heterocycles. The summed E-state index contributed by atoms with van der Waals surface area (Å²) in [4.78, 5) is 10.5. The summed E-state index contributed by atoms with van der Waals surface area (Å²) in [5.74, 6) is -1.55. The van der Waals surface area contributed by atoms with Crippen molar-refractivity contribution in [2.24, 2.45) is 0 Å². The van der Waals surface area contributed by atoms with Crippen molar-refractivity contribution in [3.8, 4) is 0 Å². The Morgan fingerprint density at radius 2 is 2.10 bits per heavy atom. The first-order valence-corrected chi connectivity index (χ1v) is 6.97. The van der Waals surface area contributed by atoms with E-state index in [1.54, 1.807) is 0 Å². The third-order valence-electron chi connectivity index (χ3n) is 2.23. The third kappa shape index (κ3) is 2.70. The molecule has 0 saturated heterocycles. The number of halogens is 1. The van der Waals surface area contributed by atoms with E-state index in [2.05, 4.69) is 25.1 Å². The molecule has 0 atom stereocenters. The van der Waals surface area contributed by atoms with E-state index in [4.69, 9.17) is 16.7 Å². The fraction of sp³-hybridized carbons (Fsp3) is 0.111. The van der Waals surface area contributed by atoms with Crippen molar-refractivity contribution in [1.82, 2.24) is 20.4 Å². The van der Waals surface area contributed by atoms with E-state index in [0.717, 1.165) is 0 Å². The van der Waals surface area contributed by atoms with Crippen LogP contribution in [-0.4, -0.2) is 39.9 Å². The van der Waals surface area contributed by atoms with Crippen LogP contribution in [0.1, 0.15) is 16.2 Å². The Kier molecular flexibility index (Phi) is 3.59. The van der Waals surface area contributed by atoms with Gasteiger partial charge in [0, 0.05) is 0 Å². The molecule has 106 valence electrons. The molecule has 0 radical (unpaired) electrons. The van der Waals surface area contributed by atoms with Crippen molar-refractivity contribution < 1.29 is 18.3 Å². The number of H-pyrrole nitrogens is 1. The molecular weight excluding hydrogens is 310 g/mol. The molecule has 0 fully saturated rings. The number of hydrogen-bond acceptors (Lipinski definition) is 6. The van der Waals surface area contributed by atoms with Gasteiger partial charge in [-0.25, -0.2) is 13.2 Å². The second-order valence-electron chi connectivity index (χ2n) is 3.68. The number of aromatic nitrogens is 4. The minimum atomic E-state index is -4.16. The number of nitrogens with one attached hydrogen (secondary N) is 2. The second kappa shape index (κ2) is 5.06. The number of carbonyl (C=O) groups is 1. The van der Waals surface area contributed by atoms with Gasteiger partial charge < -0.3 is 5.11 Å². The van der Waals surface area contributed by atoms with E-state index in [1.807, 2.05) is 0 Å². The molecule has 20 heavy (non-hydrogen) atoms. The van der Waals surface area contributed by atoms with Gasteiger partial charge in [0.1, 0.15) is 4.90 Å². The van der Waals surface area contributed by atoms with Gasteiger partial charge in [0.05, 0.1) is 5.69 Å². The zero-order chi connectivity index (χ0) is 14.9. The summed E-state index contributed by atoms with van der Waals surface area (Å²) in [6, 6.07) is 2.63. The lowest BCUT2D eigenvalue weighted by Gasteiger charge is -2.06. The van der Waals surface area contributed by atoms with Crippen molar-refractivity contribution in [3.63, 3.8) is 0 Å². The van der Waals surface area contributed by atoms with Crippen molar-refractivity contribution >= 4 is 33.4 Å². The van der Waals surface area contributed by atoms with Crippen molar-refractivity contribution in [2.45, 2.75) is 11.8 Å². The molecule has 0 saturated carbocycles. The topological polar surface area (TPSA) is 138 Å². The van der Waals surface area contributed by atoms with Crippen LogP contribution in [-0.2, 0) is 10.0 Å². The Morgan fingerprint density at radius 3 is 2.65 bits per heavy atom. The smallest absolute Gasteiger partial charge is 0.357 e.